The van der Waals surface area contributed by atoms with E-state index in [0.29, 0.717) is 90.3 Å². The summed E-state index contributed by atoms with van der Waals surface area (Å²) in [4.78, 5) is 140. The molecule has 5 heterocycles. The molecule has 0 saturated carbocycles. The molecule has 11 amide bonds. The van der Waals surface area contributed by atoms with Gasteiger partial charge in [0.1, 0.15) is 42.2 Å². The highest BCUT2D eigenvalue weighted by Gasteiger charge is 2.46. The van der Waals surface area contributed by atoms with E-state index in [0.717, 1.165) is 32.3 Å². The quantitative estimate of drug-likeness (QED) is 0.0130. The highest BCUT2D eigenvalue weighted by molar-refractivity contribution is 7.16. The van der Waals surface area contributed by atoms with E-state index in [9.17, 15) is 63.9 Å². The number of hydrogen-bond donors (Lipinski definition) is 10. The van der Waals surface area contributed by atoms with Gasteiger partial charge in [-0.25, -0.2) is 14.4 Å². The average molecular weight is 1700 g/mol. The number of urea groups is 1. The zero-order valence-corrected chi connectivity index (χ0v) is 68.0. The molecule has 10 atom stereocenters. The third-order valence-corrected chi connectivity index (χ3v) is 22.1. The largest absolute Gasteiger partial charge is 0.465 e. The molecule has 0 aliphatic carbocycles. The molecular weight excluding hydrogens is 1600 g/mol. The number of amides is 11. The number of anilines is 3. The first kappa shape index (κ1) is 90.6. The van der Waals surface area contributed by atoms with Gasteiger partial charge in [0.25, 0.3) is 23.6 Å². The number of nitrogens with one attached hydrogen (secondary N) is 4. The zero-order valence-electron chi connectivity index (χ0n) is 65.7. The summed E-state index contributed by atoms with van der Waals surface area (Å²) in [5.74, 6) is -4.38. The molecule has 1 fully saturated rings. The van der Waals surface area contributed by atoms with Gasteiger partial charge >= 0.3 is 18.2 Å². The van der Waals surface area contributed by atoms with E-state index in [1.165, 1.54) is 36.0 Å². The lowest BCUT2D eigenvalue weighted by Crippen LogP contribution is -2.60. The molecule has 0 radical (unpaired) electrons. The number of fused-ring (bicyclic) bond motifs is 6. The number of likely N-dealkylation sites (N-methyl/N-ethyl adjacent to an activating group) is 2. The number of carbonyl (C=O) groups is 10. The number of hydrogen-bond acceptors (Lipinski definition) is 24. The molecule has 1 saturated heterocycles. The molecule has 4 aliphatic rings. The molecule has 5 aromatic carbocycles. The Bertz CT molecular complexity index is 4520. The third kappa shape index (κ3) is 23.2. The summed E-state index contributed by atoms with van der Waals surface area (Å²) in [7, 11) is 2.80. The Hall–Kier alpha value is -9.70. The Labute approximate surface area is 694 Å². The summed E-state index contributed by atoms with van der Waals surface area (Å²) < 4.78 is 51.5. The first-order valence-corrected chi connectivity index (χ1v) is 40.5. The van der Waals surface area contributed by atoms with E-state index >= 15 is 9.59 Å². The van der Waals surface area contributed by atoms with E-state index in [-0.39, 0.29) is 142 Å². The molecule has 1 unspecified atom stereocenters. The first-order chi connectivity index (χ1) is 56.8. The van der Waals surface area contributed by atoms with E-state index < -0.39 is 115 Å². The van der Waals surface area contributed by atoms with Crippen molar-refractivity contribution in [3.63, 3.8) is 0 Å². The number of thiophene rings is 1. The topological polar surface area (TPSA) is 445 Å². The van der Waals surface area contributed by atoms with Crippen LogP contribution in [-0.2, 0) is 61.9 Å². The standard InChI is InChI=1S/C81H100Cl2N10O24S/c1-47(2)69(88-64(95)23-28-109-30-32-111-34-36-113-38-39-114-37-35-112-33-31-110-29-27-91-65(96)21-22-66(91)97)75(102)87-57(14-9-24-85-79(84)105)74(101)86-51-17-15-48(16-18-51)73(117-81(108)90(4)26-25-89(3)80(106)107)56-40-58-67(54-12-7-5-10-52(54)56)49(42-82)44-92(58)76(103)62-19-20-63(118-62)77(104)93-45-50(43-83)68-55-13-8-6-11-53(55)60(41-59(68)93)115-78-72(100)71(99)70(98)61(46-94)116-78/h5-8,10-13,15-22,40-41,47,49-50,57,61,69-73,78,94,98-100H,9,14,23-39,42-46H2,1-4H3,(H,86,101)(H,87,102)(H,88,95)(H,106,107)(H3,84,85,105)/t49-,50-,57+,61+,69+,70-,71+,72+,73?,78-/m1/s1. The second-order valence-corrected chi connectivity index (χ2v) is 30.4. The van der Waals surface area contributed by atoms with Crippen molar-refractivity contribution in [2.75, 3.05) is 166 Å². The summed E-state index contributed by atoms with van der Waals surface area (Å²) in [5, 5.41) is 65.2. The SMILES string of the molecule is CC(C)[C@H](NC(=O)CCOCCOCCOCCOCCOCCOCCN1C(=O)C=CC1=O)C(=O)N[C@@H](CCCNC(N)=O)C(=O)Nc1ccc(C(OC(=O)N(C)CCN(C)C(=O)O)c2cc3c(c4ccccc24)[C@H](CCl)CN3C(=O)c2ccc(C(=O)N3C[C@@H](CCl)c4c3cc(O[C@@H]3O[C@@H](CO)[C@@H](O)[C@H](O)[C@@H]3O)c3ccccc43)s2)cc1. The number of carboxylic acid groups (broad SMARTS) is 1. The molecule has 10 rings (SSSR count). The van der Waals surface area contributed by atoms with E-state index in [1.807, 2.05) is 24.3 Å². The van der Waals surface area contributed by atoms with Crippen LogP contribution in [0.25, 0.3) is 21.5 Å². The van der Waals surface area contributed by atoms with Crippen molar-refractivity contribution >= 4 is 133 Å². The van der Waals surface area contributed by atoms with Crippen LogP contribution in [0, 0.1) is 5.92 Å². The zero-order chi connectivity index (χ0) is 84.7. The predicted molar refractivity (Wildman–Crippen MR) is 434 cm³/mol. The molecule has 0 bridgehead atoms. The van der Waals surface area contributed by atoms with Gasteiger partial charge in [0.15, 0.2) is 6.10 Å². The highest BCUT2D eigenvalue weighted by atomic mass is 35.5. The molecular formula is C81H100Cl2N10O24S. The van der Waals surface area contributed by atoms with Crippen LogP contribution in [0.2, 0.25) is 0 Å². The van der Waals surface area contributed by atoms with Gasteiger partial charge in [-0.15, -0.1) is 34.5 Å². The number of aliphatic hydroxyl groups is 4. The lowest BCUT2D eigenvalue weighted by molar-refractivity contribution is -0.277. The van der Waals surface area contributed by atoms with Gasteiger partial charge in [-0.05, 0) is 81.9 Å². The van der Waals surface area contributed by atoms with Crippen molar-refractivity contribution < 1.29 is 116 Å². The number of primary amides is 1. The normalized spacial score (nSPS) is 18.9. The van der Waals surface area contributed by atoms with Gasteiger partial charge in [0.2, 0.25) is 24.0 Å². The summed E-state index contributed by atoms with van der Waals surface area (Å²) in [6.45, 7) is 6.27. The van der Waals surface area contributed by atoms with E-state index in [1.54, 1.807) is 91.5 Å². The minimum Gasteiger partial charge on any atom is -0.465 e. The molecule has 638 valence electrons. The number of rotatable bonds is 44. The average Bonchev–Trinajstić information content (AvgIpc) is 1.55. The second kappa shape index (κ2) is 43.8. The van der Waals surface area contributed by atoms with Crippen molar-refractivity contribution in [2.24, 2.45) is 11.7 Å². The number of ether oxygens (including phenoxy) is 9. The lowest BCUT2D eigenvalue weighted by atomic mass is 9.89. The minimum atomic E-state index is -1.73. The van der Waals surface area contributed by atoms with Crippen molar-refractivity contribution in [1.82, 2.24) is 30.7 Å². The Balaban J connectivity index is 0.787. The predicted octanol–water partition coefficient (Wildman–Crippen LogP) is 5.39. The molecule has 1 aromatic heterocycles. The number of nitrogens with two attached hydrogens (primary N) is 1. The Morgan fingerprint density at radius 2 is 1.15 bits per heavy atom. The smallest absolute Gasteiger partial charge is 0.410 e. The van der Waals surface area contributed by atoms with Gasteiger partial charge < -0.3 is 115 Å². The van der Waals surface area contributed by atoms with Crippen molar-refractivity contribution in [1.29, 1.82) is 0 Å². The molecule has 6 aromatic rings. The molecule has 11 N–H and O–H groups in total. The number of nitrogens with zero attached hydrogens (tertiary/aromatic N) is 5. The third-order valence-electron chi connectivity index (χ3n) is 20.3. The number of benzene rings is 5. The van der Waals surface area contributed by atoms with E-state index in [2.05, 4.69) is 21.3 Å². The maximum atomic E-state index is 15.3. The monoisotopic (exact) mass is 1700 g/mol. The van der Waals surface area contributed by atoms with Crippen LogP contribution >= 0.6 is 34.5 Å². The fraction of sp³-hybridized carbons (Fsp3) is 0.481. The van der Waals surface area contributed by atoms with Crippen LogP contribution in [-0.4, -0.2) is 294 Å². The van der Waals surface area contributed by atoms with Gasteiger partial charge in [-0.3, -0.25) is 38.5 Å². The summed E-state index contributed by atoms with van der Waals surface area (Å²) in [6.07, 6.45) is -8.70. The van der Waals surface area contributed by atoms with Crippen molar-refractivity contribution in [2.45, 2.75) is 93.8 Å². The van der Waals surface area contributed by atoms with Crippen molar-refractivity contribution in [3.8, 4) is 5.75 Å². The Morgan fingerprint density at radius 3 is 1.69 bits per heavy atom. The van der Waals surface area contributed by atoms with E-state index in [4.69, 9.17) is 71.6 Å². The number of alkyl halides is 2. The number of imide groups is 1. The van der Waals surface area contributed by atoms with Crippen LogP contribution in [0.15, 0.2) is 109 Å². The number of carbonyl (C=O) groups excluding carboxylic acids is 9. The maximum absolute atomic E-state index is 15.3. The fourth-order valence-corrected chi connectivity index (χ4v) is 15.3. The Kier molecular flexibility index (Phi) is 33.7. The molecule has 37 heteroatoms. The van der Waals surface area contributed by atoms with Crippen LogP contribution in [0.3, 0.4) is 0 Å². The van der Waals surface area contributed by atoms with Gasteiger partial charge in [0, 0.05) is 117 Å². The second-order valence-electron chi connectivity index (χ2n) is 28.7. The fourth-order valence-electron chi connectivity index (χ4n) is 13.9. The highest BCUT2D eigenvalue weighted by Crippen LogP contribution is 2.49. The summed E-state index contributed by atoms with van der Waals surface area (Å²) in [6, 6.07) is 24.2. The molecule has 118 heavy (non-hydrogen) atoms. The lowest BCUT2D eigenvalue weighted by Gasteiger charge is -2.39. The van der Waals surface area contributed by atoms with Crippen molar-refractivity contribution in [3.05, 3.63) is 141 Å². The molecule has 4 aliphatic heterocycles. The minimum absolute atomic E-state index is 0.00559. The van der Waals surface area contributed by atoms with Gasteiger partial charge in [-0.1, -0.05) is 74.5 Å². The van der Waals surface area contributed by atoms with Gasteiger partial charge in [-0.2, -0.15) is 0 Å². The first-order valence-electron chi connectivity index (χ1n) is 38.7. The molecule has 34 nitrogen and oxygen atoms in total. The summed E-state index contributed by atoms with van der Waals surface area (Å²) >= 11 is 14.4. The van der Waals surface area contributed by atoms with Crippen LogP contribution in [0.4, 0.5) is 31.4 Å². The number of halogens is 2. The molecule has 0 spiro atoms. The maximum Gasteiger partial charge on any atom is 0.410 e. The Morgan fingerprint density at radius 1 is 0.636 bits per heavy atom. The van der Waals surface area contributed by atoms with Crippen LogP contribution in [0.1, 0.15) is 92.6 Å². The van der Waals surface area contributed by atoms with Crippen LogP contribution in [0.5, 0.6) is 5.75 Å². The summed E-state index contributed by atoms with van der Waals surface area (Å²) in [5.41, 5.74) is 8.69. The van der Waals surface area contributed by atoms with Crippen LogP contribution < -0.4 is 41.5 Å². The number of aliphatic hydroxyl groups excluding tert-OH is 4. The van der Waals surface area contributed by atoms with Gasteiger partial charge in [0.05, 0.1) is 108 Å².